The minimum absolute atomic E-state index is 0.518. The maximum Gasteiger partial charge on any atom is 0.120 e. The molecule has 0 saturated carbocycles. The fourth-order valence-corrected chi connectivity index (χ4v) is 0.808. The predicted octanol–water partition coefficient (Wildman–Crippen LogP) is 2.55. The van der Waals surface area contributed by atoms with E-state index in [1.807, 2.05) is 0 Å². The highest BCUT2D eigenvalue weighted by Gasteiger charge is 1.79. The average Bonchev–Trinajstić information content (AvgIpc) is 2.16. The van der Waals surface area contributed by atoms with Crippen LogP contribution in [0.1, 0.15) is 45.4 Å². The molecule has 0 N–H and O–H groups in total. The third-order valence-electron chi connectivity index (χ3n) is 1.53. The van der Waals surface area contributed by atoms with E-state index < -0.39 is 0 Å². The lowest BCUT2D eigenvalue weighted by atomic mass is 10.2. The number of carbonyl (C=O) groups is 1. The first-order valence-electron chi connectivity index (χ1n) is 4.81. The number of hydrogen-bond donors (Lipinski definition) is 0. The summed E-state index contributed by atoms with van der Waals surface area (Å²) in [4.78, 5) is 9.91. The minimum Gasteiger partial charge on any atom is -0.303 e. The molecule has 0 aliphatic carbocycles. The van der Waals surface area contributed by atoms with Crippen molar-refractivity contribution in [3.05, 3.63) is 0 Å². The summed E-state index contributed by atoms with van der Waals surface area (Å²) in [6.45, 7) is 2.17. The van der Waals surface area contributed by atoms with Crippen LogP contribution in [-0.2, 0) is 4.79 Å². The van der Waals surface area contributed by atoms with Gasteiger partial charge in [-0.1, -0.05) is 31.6 Å². The Morgan fingerprint density at radius 1 is 1.08 bits per heavy atom. The molecule has 0 aromatic rings. The summed E-state index contributed by atoms with van der Waals surface area (Å²) in [6.07, 6.45) is 6.61. The molecule has 13 heavy (non-hydrogen) atoms. The maximum atomic E-state index is 9.91. The number of unbranched alkanes of at least 4 members (excludes halogenated alkanes) is 4. The van der Waals surface area contributed by atoms with Gasteiger partial charge in [-0.3, -0.25) is 0 Å². The molecule has 0 heterocycles. The van der Waals surface area contributed by atoms with Crippen LogP contribution in [0.5, 0.6) is 0 Å². The quantitative estimate of drug-likeness (QED) is 0.357. The van der Waals surface area contributed by atoms with Crippen molar-refractivity contribution < 1.29 is 4.79 Å². The van der Waals surface area contributed by atoms with Crippen molar-refractivity contribution >= 4 is 6.29 Å². The van der Waals surface area contributed by atoms with Gasteiger partial charge in [0.05, 0.1) is 0 Å². The summed E-state index contributed by atoms with van der Waals surface area (Å²) in [5.74, 6) is 11.3. The highest BCUT2D eigenvalue weighted by molar-refractivity contribution is 5.49. The molecular formula is C12H16O. The SMILES string of the molecule is CCCCCC#CC#CCCC=O. The Bertz CT molecular complexity index is 231. The van der Waals surface area contributed by atoms with Crippen molar-refractivity contribution in [1.29, 1.82) is 0 Å². The Kier molecular flexibility index (Phi) is 9.79. The monoisotopic (exact) mass is 176 g/mol. The van der Waals surface area contributed by atoms with Crippen LogP contribution in [-0.4, -0.2) is 6.29 Å². The van der Waals surface area contributed by atoms with E-state index in [1.165, 1.54) is 19.3 Å². The van der Waals surface area contributed by atoms with Gasteiger partial charge >= 0.3 is 0 Å². The van der Waals surface area contributed by atoms with Gasteiger partial charge in [-0.2, -0.15) is 0 Å². The molecule has 0 rings (SSSR count). The van der Waals surface area contributed by atoms with Crippen LogP contribution in [0, 0.1) is 23.7 Å². The van der Waals surface area contributed by atoms with Crippen molar-refractivity contribution in [3.8, 4) is 23.7 Å². The second-order valence-corrected chi connectivity index (χ2v) is 2.77. The van der Waals surface area contributed by atoms with Crippen LogP contribution in [0.4, 0.5) is 0 Å². The molecule has 0 spiro atoms. The van der Waals surface area contributed by atoms with Gasteiger partial charge in [-0.15, -0.1) is 0 Å². The predicted molar refractivity (Wildman–Crippen MR) is 55.0 cm³/mol. The van der Waals surface area contributed by atoms with Crippen molar-refractivity contribution in [1.82, 2.24) is 0 Å². The Labute approximate surface area is 80.9 Å². The molecule has 0 aromatic heterocycles. The van der Waals surface area contributed by atoms with Crippen LogP contribution in [0.2, 0.25) is 0 Å². The van der Waals surface area contributed by atoms with Gasteiger partial charge in [0.25, 0.3) is 0 Å². The summed E-state index contributed by atoms with van der Waals surface area (Å²) < 4.78 is 0. The standard InChI is InChI=1S/C12H16O/c1-2-3-4-5-6-7-8-9-10-11-12-13/h12H,2-5,10-11H2,1H3. The summed E-state index contributed by atoms with van der Waals surface area (Å²) in [5, 5.41) is 0. The first kappa shape index (κ1) is 11.8. The molecular weight excluding hydrogens is 160 g/mol. The van der Waals surface area contributed by atoms with Gasteiger partial charge < -0.3 is 4.79 Å². The minimum atomic E-state index is 0.518. The Hall–Kier alpha value is -1.21. The highest BCUT2D eigenvalue weighted by Crippen LogP contribution is 1.96. The van der Waals surface area contributed by atoms with Crippen molar-refractivity contribution in [2.45, 2.75) is 45.4 Å². The second kappa shape index (κ2) is 10.8. The van der Waals surface area contributed by atoms with Gasteiger partial charge in [0.2, 0.25) is 0 Å². The summed E-state index contributed by atoms with van der Waals surface area (Å²) in [7, 11) is 0. The third-order valence-corrected chi connectivity index (χ3v) is 1.53. The zero-order valence-electron chi connectivity index (χ0n) is 8.23. The average molecular weight is 176 g/mol. The maximum absolute atomic E-state index is 9.91. The Morgan fingerprint density at radius 2 is 1.77 bits per heavy atom. The molecule has 0 bridgehead atoms. The fourth-order valence-electron chi connectivity index (χ4n) is 0.808. The van der Waals surface area contributed by atoms with Crippen molar-refractivity contribution in [2.24, 2.45) is 0 Å². The molecule has 0 aliphatic heterocycles. The Morgan fingerprint density at radius 3 is 2.38 bits per heavy atom. The van der Waals surface area contributed by atoms with E-state index in [0.29, 0.717) is 12.8 Å². The lowest BCUT2D eigenvalue weighted by Crippen LogP contribution is -1.71. The molecule has 0 atom stereocenters. The van der Waals surface area contributed by atoms with Gasteiger partial charge in [0, 0.05) is 19.3 Å². The molecule has 0 amide bonds. The number of hydrogen-bond acceptors (Lipinski definition) is 1. The van der Waals surface area contributed by atoms with E-state index in [4.69, 9.17) is 0 Å². The molecule has 1 nitrogen and oxygen atoms in total. The van der Waals surface area contributed by atoms with Gasteiger partial charge in [-0.25, -0.2) is 0 Å². The number of rotatable bonds is 5. The fraction of sp³-hybridized carbons (Fsp3) is 0.583. The zero-order chi connectivity index (χ0) is 9.78. The number of aldehydes is 1. The van der Waals surface area contributed by atoms with E-state index in [-0.39, 0.29) is 0 Å². The molecule has 0 fully saturated rings. The third kappa shape index (κ3) is 10.8. The first-order valence-corrected chi connectivity index (χ1v) is 4.81. The lowest BCUT2D eigenvalue weighted by Gasteiger charge is -1.86. The van der Waals surface area contributed by atoms with Crippen molar-refractivity contribution in [3.63, 3.8) is 0 Å². The Balaban J connectivity index is 3.35. The van der Waals surface area contributed by atoms with E-state index in [1.54, 1.807) is 0 Å². The zero-order valence-corrected chi connectivity index (χ0v) is 8.23. The van der Waals surface area contributed by atoms with E-state index in [9.17, 15) is 4.79 Å². The van der Waals surface area contributed by atoms with Crippen LogP contribution in [0.15, 0.2) is 0 Å². The number of carbonyl (C=O) groups excluding carboxylic acids is 1. The molecule has 0 aromatic carbocycles. The molecule has 0 radical (unpaired) electrons. The molecule has 0 aliphatic rings. The molecule has 1 heteroatoms. The van der Waals surface area contributed by atoms with Crippen LogP contribution >= 0.6 is 0 Å². The summed E-state index contributed by atoms with van der Waals surface area (Å²) in [6, 6.07) is 0. The van der Waals surface area contributed by atoms with Crippen LogP contribution in [0.25, 0.3) is 0 Å². The van der Waals surface area contributed by atoms with Gasteiger partial charge in [0.1, 0.15) is 6.29 Å². The van der Waals surface area contributed by atoms with Crippen LogP contribution < -0.4 is 0 Å². The normalized spacial score (nSPS) is 7.77. The van der Waals surface area contributed by atoms with E-state index in [0.717, 1.165) is 12.7 Å². The van der Waals surface area contributed by atoms with Gasteiger partial charge in [-0.05, 0) is 18.3 Å². The lowest BCUT2D eigenvalue weighted by molar-refractivity contribution is -0.107. The first-order chi connectivity index (χ1) is 6.41. The summed E-state index contributed by atoms with van der Waals surface area (Å²) >= 11 is 0. The molecule has 70 valence electrons. The topological polar surface area (TPSA) is 17.1 Å². The van der Waals surface area contributed by atoms with Crippen molar-refractivity contribution in [2.75, 3.05) is 0 Å². The van der Waals surface area contributed by atoms with E-state index in [2.05, 4.69) is 30.6 Å². The largest absolute Gasteiger partial charge is 0.303 e. The molecule has 0 unspecified atom stereocenters. The van der Waals surface area contributed by atoms with Gasteiger partial charge in [0.15, 0.2) is 0 Å². The smallest absolute Gasteiger partial charge is 0.120 e. The highest BCUT2D eigenvalue weighted by atomic mass is 16.1. The summed E-state index contributed by atoms with van der Waals surface area (Å²) in [5.41, 5.74) is 0. The second-order valence-electron chi connectivity index (χ2n) is 2.77. The molecule has 0 saturated heterocycles. The van der Waals surface area contributed by atoms with Crippen LogP contribution in [0.3, 0.4) is 0 Å². The van der Waals surface area contributed by atoms with E-state index >= 15 is 0 Å².